The van der Waals surface area contributed by atoms with E-state index < -0.39 is 5.97 Å². The van der Waals surface area contributed by atoms with Gasteiger partial charge in [0.2, 0.25) is 5.95 Å². The number of methoxy groups -OCH3 is 1. The van der Waals surface area contributed by atoms with Gasteiger partial charge in [-0.15, -0.1) is 5.10 Å². The van der Waals surface area contributed by atoms with Crippen molar-refractivity contribution in [3.05, 3.63) is 36.0 Å². The van der Waals surface area contributed by atoms with Crippen LogP contribution in [0.5, 0.6) is 0 Å². The first-order valence-electron chi connectivity index (χ1n) is 7.04. The van der Waals surface area contributed by atoms with Crippen molar-refractivity contribution in [3.63, 3.8) is 0 Å². The Labute approximate surface area is 129 Å². The normalized spacial score (nSPS) is 11.6. The summed E-state index contributed by atoms with van der Waals surface area (Å²) >= 11 is 0. The molecule has 1 unspecified atom stereocenters. The van der Waals surface area contributed by atoms with Crippen molar-refractivity contribution < 1.29 is 9.53 Å². The molecule has 7 heteroatoms. The van der Waals surface area contributed by atoms with Gasteiger partial charge in [0.25, 0.3) is 0 Å². The first kappa shape index (κ1) is 15.7. The van der Waals surface area contributed by atoms with Crippen LogP contribution in [0.4, 0.5) is 17.5 Å². The molecule has 116 valence electrons. The number of hydrogen-bond acceptors (Lipinski definition) is 7. The maximum atomic E-state index is 11.7. The van der Waals surface area contributed by atoms with E-state index in [9.17, 15) is 4.79 Å². The van der Waals surface area contributed by atoms with Gasteiger partial charge in [0.15, 0.2) is 5.82 Å². The van der Waals surface area contributed by atoms with Gasteiger partial charge in [-0.25, -0.2) is 4.79 Å². The highest BCUT2D eigenvalue weighted by atomic mass is 16.5. The standard InChI is InChI=1S/C15H19N5O2/c1-4-10(2)17-13-9-16-20-15(19-13)18-12-8-6-5-7-11(12)14(21)22-3/h5-10H,4H2,1-3H3,(H2,17,18,19,20). The van der Waals surface area contributed by atoms with E-state index in [1.165, 1.54) is 7.11 Å². The topological polar surface area (TPSA) is 89.0 Å². The monoisotopic (exact) mass is 301 g/mol. The average molecular weight is 301 g/mol. The molecule has 0 aliphatic carbocycles. The molecule has 0 aliphatic rings. The van der Waals surface area contributed by atoms with E-state index in [-0.39, 0.29) is 6.04 Å². The average Bonchev–Trinajstić information content (AvgIpc) is 2.55. The molecule has 0 amide bonds. The molecular formula is C15H19N5O2. The number of benzene rings is 1. The highest BCUT2D eigenvalue weighted by Gasteiger charge is 2.12. The molecule has 2 rings (SSSR count). The molecule has 0 fully saturated rings. The van der Waals surface area contributed by atoms with E-state index in [0.717, 1.165) is 6.42 Å². The Morgan fingerprint density at radius 1 is 1.36 bits per heavy atom. The summed E-state index contributed by atoms with van der Waals surface area (Å²) in [6.07, 6.45) is 2.53. The molecule has 0 aliphatic heterocycles. The van der Waals surface area contributed by atoms with Crippen molar-refractivity contribution in [2.75, 3.05) is 17.7 Å². The molecule has 1 heterocycles. The molecule has 0 saturated carbocycles. The molecular weight excluding hydrogens is 282 g/mol. The van der Waals surface area contributed by atoms with Gasteiger partial charge in [-0.3, -0.25) is 0 Å². The molecule has 2 aromatic rings. The van der Waals surface area contributed by atoms with Crippen LogP contribution in [-0.2, 0) is 4.74 Å². The summed E-state index contributed by atoms with van der Waals surface area (Å²) in [6, 6.07) is 7.28. The molecule has 0 spiro atoms. The second kappa shape index (κ2) is 7.35. The van der Waals surface area contributed by atoms with Crippen LogP contribution in [0, 0.1) is 0 Å². The second-order valence-electron chi connectivity index (χ2n) is 4.78. The number of hydrogen-bond donors (Lipinski definition) is 2. The van der Waals surface area contributed by atoms with Crippen LogP contribution in [-0.4, -0.2) is 34.3 Å². The number of ether oxygens (including phenoxy) is 1. The van der Waals surface area contributed by atoms with Crippen molar-refractivity contribution in [2.24, 2.45) is 0 Å². The van der Waals surface area contributed by atoms with Crippen LogP contribution < -0.4 is 10.6 Å². The van der Waals surface area contributed by atoms with Gasteiger partial charge in [-0.05, 0) is 25.5 Å². The zero-order chi connectivity index (χ0) is 15.9. The van der Waals surface area contributed by atoms with Gasteiger partial charge in [0.1, 0.15) is 0 Å². The minimum Gasteiger partial charge on any atom is -0.465 e. The Balaban J connectivity index is 2.21. The number of carbonyl (C=O) groups excluding carboxylic acids is 1. The summed E-state index contributed by atoms with van der Waals surface area (Å²) in [4.78, 5) is 16.1. The smallest absolute Gasteiger partial charge is 0.339 e. The summed E-state index contributed by atoms with van der Waals surface area (Å²) in [5.74, 6) is 0.511. The largest absolute Gasteiger partial charge is 0.465 e. The molecule has 1 atom stereocenters. The molecule has 2 N–H and O–H groups in total. The van der Waals surface area contributed by atoms with Crippen LogP contribution in [0.3, 0.4) is 0 Å². The third-order valence-corrected chi connectivity index (χ3v) is 3.14. The summed E-state index contributed by atoms with van der Waals surface area (Å²) in [5, 5.41) is 14.1. The Morgan fingerprint density at radius 3 is 2.86 bits per heavy atom. The maximum Gasteiger partial charge on any atom is 0.339 e. The van der Waals surface area contributed by atoms with E-state index in [1.54, 1.807) is 24.4 Å². The highest BCUT2D eigenvalue weighted by molar-refractivity contribution is 5.96. The van der Waals surface area contributed by atoms with Crippen molar-refractivity contribution in [3.8, 4) is 0 Å². The predicted molar refractivity (Wildman–Crippen MR) is 84.3 cm³/mol. The number of para-hydroxylation sites is 1. The number of aromatic nitrogens is 3. The highest BCUT2D eigenvalue weighted by Crippen LogP contribution is 2.19. The Hall–Kier alpha value is -2.70. The fourth-order valence-electron chi connectivity index (χ4n) is 1.78. The minimum absolute atomic E-state index is 0.284. The van der Waals surface area contributed by atoms with Gasteiger partial charge in [0.05, 0.1) is 24.6 Å². The van der Waals surface area contributed by atoms with Gasteiger partial charge in [-0.1, -0.05) is 19.1 Å². The number of esters is 1. The van der Waals surface area contributed by atoms with E-state index in [1.807, 2.05) is 6.07 Å². The van der Waals surface area contributed by atoms with E-state index in [2.05, 4.69) is 39.7 Å². The van der Waals surface area contributed by atoms with E-state index in [0.29, 0.717) is 23.0 Å². The molecule has 1 aromatic heterocycles. The number of nitrogens with one attached hydrogen (secondary N) is 2. The molecule has 1 aromatic carbocycles. The fourth-order valence-corrected chi connectivity index (χ4v) is 1.78. The summed E-state index contributed by atoms with van der Waals surface area (Å²) in [6.45, 7) is 4.14. The third kappa shape index (κ3) is 3.91. The van der Waals surface area contributed by atoms with Crippen LogP contribution in [0.1, 0.15) is 30.6 Å². The molecule has 0 bridgehead atoms. The SMILES string of the molecule is CCC(C)Nc1cnnc(Nc2ccccc2C(=O)OC)n1. The van der Waals surface area contributed by atoms with Gasteiger partial charge in [0, 0.05) is 6.04 Å². The lowest BCUT2D eigenvalue weighted by Gasteiger charge is -2.13. The molecule has 0 radical (unpaired) electrons. The van der Waals surface area contributed by atoms with Crippen molar-refractivity contribution in [1.82, 2.24) is 15.2 Å². The quantitative estimate of drug-likeness (QED) is 0.793. The number of anilines is 3. The van der Waals surface area contributed by atoms with Crippen LogP contribution in [0.2, 0.25) is 0 Å². The molecule has 22 heavy (non-hydrogen) atoms. The number of nitrogens with zero attached hydrogens (tertiary/aromatic N) is 3. The fraction of sp³-hybridized carbons (Fsp3) is 0.333. The Kier molecular flexibility index (Phi) is 5.24. The minimum atomic E-state index is -0.426. The van der Waals surface area contributed by atoms with Crippen LogP contribution >= 0.6 is 0 Å². The molecule has 7 nitrogen and oxygen atoms in total. The zero-order valence-electron chi connectivity index (χ0n) is 12.8. The van der Waals surface area contributed by atoms with Crippen LogP contribution in [0.25, 0.3) is 0 Å². The lowest BCUT2D eigenvalue weighted by Crippen LogP contribution is -2.15. The van der Waals surface area contributed by atoms with Crippen molar-refractivity contribution in [2.45, 2.75) is 26.3 Å². The summed E-state index contributed by atoms with van der Waals surface area (Å²) < 4.78 is 4.76. The van der Waals surface area contributed by atoms with Crippen molar-refractivity contribution in [1.29, 1.82) is 0 Å². The lowest BCUT2D eigenvalue weighted by atomic mass is 10.2. The van der Waals surface area contributed by atoms with Gasteiger partial charge in [-0.2, -0.15) is 10.1 Å². The van der Waals surface area contributed by atoms with Gasteiger partial charge < -0.3 is 15.4 Å². The van der Waals surface area contributed by atoms with Gasteiger partial charge >= 0.3 is 5.97 Å². The first-order chi connectivity index (χ1) is 10.6. The summed E-state index contributed by atoms with van der Waals surface area (Å²) in [5.41, 5.74) is 0.978. The molecule has 0 saturated heterocycles. The predicted octanol–water partition coefficient (Wildman–Crippen LogP) is 2.61. The van der Waals surface area contributed by atoms with Crippen LogP contribution in [0.15, 0.2) is 30.5 Å². The maximum absolute atomic E-state index is 11.7. The third-order valence-electron chi connectivity index (χ3n) is 3.14. The van der Waals surface area contributed by atoms with Crippen molar-refractivity contribution >= 4 is 23.4 Å². The first-order valence-corrected chi connectivity index (χ1v) is 7.04. The Morgan fingerprint density at radius 2 is 2.14 bits per heavy atom. The zero-order valence-corrected chi connectivity index (χ0v) is 12.8. The second-order valence-corrected chi connectivity index (χ2v) is 4.78. The van der Waals surface area contributed by atoms with E-state index >= 15 is 0 Å². The van der Waals surface area contributed by atoms with E-state index in [4.69, 9.17) is 4.74 Å². The lowest BCUT2D eigenvalue weighted by molar-refractivity contribution is 0.0602. The number of rotatable bonds is 6. The number of carbonyl (C=O) groups is 1. The Bertz CT molecular complexity index is 647. The summed E-state index contributed by atoms with van der Waals surface area (Å²) in [7, 11) is 1.34.